The molecular formula is C20H22ClNO. The minimum absolute atomic E-state index is 0.0297. The van der Waals surface area contributed by atoms with Gasteiger partial charge >= 0.3 is 0 Å². The number of benzene rings is 2. The molecule has 1 unspecified atom stereocenters. The smallest absolute Gasteiger partial charge is 0.224 e. The Bertz CT molecular complexity index is 693. The van der Waals surface area contributed by atoms with Crippen LogP contribution in [-0.2, 0) is 24.1 Å². The number of nitrogens with one attached hydrogen (secondary N) is 1. The number of hydrogen-bond acceptors (Lipinski definition) is 1. The Balaban J connectivity index is 1.63. The fraction of sp³-hybridized carbons (Fsp3) is 0.350. The molecule has 0 saturated heterocycles. The number of hydrogen-bond donors (Lipinski definition) is 1. The summed E-state index contributed by atoms with van der Waals surface area (Å²) in [4.78, 5) is 12.2. The van der Waals surface area contributed by atoms with E-state index in [1.165, 1.54) is 36.0 Å². The Morgan fingerprint density at radius 2 is 1.78 bits per heavy atom. The molecule has 0 aliphatic heterocycles. The first kappa shape index (κ1) is 16.1. The maximum Gasteiger partial charge on any atom is 0.224 e. The lowest BCUT2D eigenvalue weighted by atomic mass is 9.89. The molecule has 2 aromatic rings. The quantitative estimate of drug-likeness (QED) is 0.871. The summed E-state index contributed by atoms with van der Waals surface area (Å²) in [6.45, 7) is 2.05. The zero-order chi connectivity index (χ0) is 16.2. The van der Waals surface area contributed by atoms with Crippen molar-refractivity contribution in [3.8, 4) is 0 Å². The van der Waals surface area contributed by atoms with Gasteiger partial charge in [-0.2, -0.15) is 0 Å². The fourth-order valence-electron chi connectivity index (χ4n) is 3.19. The molecule has 0 aromatic heterocycles. The third-order valence-electron chi connectivity index (χ3n) is 4.53. The van der Waals surface area contributed by atoms with Crippen LogP contribution < -0.4 is 5.32 Å². The number of halogens is 1. The molecular weight excluding hydrogens is 306 g/mol. The predicted octanol–water partition coefficient (Wildman–Crippen LogP) is 4.64. The van der Waals surface area contributed by atoms with E-state index < -0.39 is 0 Å². The molecule has 0 fully saturated rings. The third-order valence-corrected chi connectivity index (χ3v) is 4.78. The molecule has 0 radical (unpaired) electrons. The predicted molar refractivity (Wildman–Crippen MR) is 94.8 cm³/mol. The monoisotopic (exact) mass is 327 g/mol. The molecule has 3 rings (SSSR count). The van der Waals surface area contributed by atoms with Gasteiger partial charge in [-0.05, 0) is 67.0 Å². The van der Waals surface area contributed by atoms with Crippen molar-refractivity contribution in [2.45, 2.75) is 45.1 Å². The van der Waals surface area contributed by atoms with Gasteiger partial charge in [0.2, 0.25) is 5.91 Å². The lowest BCUT2D eigenvalue weighted by Gasteiger charge is -2.20. The van der Waals surface area contributed by atoms with Crippen molar-refractivity contribution in [2.75, 3.05) is 0 Å². The second kappa shape index (κ2) is 7.18. The molecule has 1 N–H and O–H groups in total. The molecule has 0 spiro atoms. The Morgan fingerprint density at radius 3 is 2.52 bits per heavy atom. The molecule has 120 valence electrons. The zero-order valence-electron chi connectivity index (χ0n) is 13.4. The van der Waals surface area contributed by atoms with E-state index in [1.807, 2.05) is 31.2 Å². The van der Waals surface area contributed by atoms with Crippen molar-refractivity contribution >= 4 is 17.5 Å². The topological polar surface area (TPSA) is 29.1 Å². The third kappa shape index (κ3) is 4.14. The van der Waals surface area contributed by atoms with Crippen LogP contribution in [0, 0.1) is 0 Å². The normalized spacial score (nSPS) is 14.9. The van der Waals surface area contributed by atoms with Crippen LogP contribution in [0.5, 0.6) is 0 Å². The molecule has 1 aliphatic carbocycles. The van der Waals surface area contributed by atoms with Gasteiger partial charge in [0.05, 0.1) is 12.5 Å². The van der Waals surface area contributed by atoms with E-state index >= 15 is 0 Å². The Morgan fingerprint density at radius 1 is 1.09 bits per heavy atom. The number of carbonyl (C=O) groups excluding carboxylic acids is 1. The van der Waals surface area contributed by atoms with Gasteiger partial charge in [-0.15, -0.1) is 0 Å². The van der Waals surface area contributed by atoms with E-state index in [1.54, 1.807) is 0 Å². The standard InChI is InChI=1S/C20H22ClNO/c1-14(17-9-8-16-4-2-3-5-18(16)13-17)22-20(23)12-15-6-10-19(21)11-7-15/h6-11,13-14H,2-5,12H2,1H3,(H,22,23). The highest BCUT2D eigenvalue weighted by molar-refractivity contribution is 6.30. The van der Waals surface area contributed by atoms with Crippen molar-refractivity contribution in [1.82, 2.24) is 5.32 Å². The van der Waals surface area contributed by atoms with Crippen LogP contribution in [0.25, 0.3) is 0 Å². The lowest BCUT2D eigenvalue weighted by Crippen LogP contribution is -2.28. The molecule has 1 aliphatic rings. The van der Waals surface area contributed by atoms with Crippen molar-refractivity contribution in [1.29, 1.82) is 0 Å². The van der Waals surface area contributed by atoms with Gasteiger partial charge in [-0.3, -0.25) is 4.79 Å². The van der Waals surface area contributed by atoms with Crippen LogP contribution in [0.2, 0.25) is 5.02 Å². The summed E-state index contributed by atoms with van der Waals surface area (Å²) in [6, 6.07) is 14.1. The largest absolute Gasteiger partial charge is 0.349 e. The van der Waals surface area contributed by atoms with Gasteiger partial charge in [-0.1, -0.05) is 41.9 Å². The second-order valence-corrected chi connectivity index (χ2v) is 6.76. The summed E-state index contributed by atoms with van der Waals surface area (Å²) in [5.74, 6) is 0.0394. The van der Waals surface area contributed by atoms with E-state index in [-0.39, 0.29) is 11.9 Å². The Kier molecular flexibility index (Phi) is 5.02. The molecule has 3 heteroatoms. The number of amides is 1. The number of fused-ring (bicyclic) bond motifs is 1. The van der Waals surface area contributed by atoms with Gasteiger partial charge in [0, 0.05) is 5.02 Å². The highest BCUT2D eigenvalue weighted by Crippen LogP contribution is 2.24. The van der Waals surface area contributed by atoms with Crippen molar-refractivity contribution in [3.05, 3.63) is 69.7 Å². The summed E-state index contributed by atoms with van der Waals surface area (Å²) in [6.07, 6.45) is 5.29. The molecule has 2 nitrogen and oxygen atoms in total. The van der Waals surface area contributed by atoms with E-state index in [0.717, 1.165) is 12.0 Å². The molecule has 1 amide bonds. The highest BCUT2D eigenvalue weighted by atomic mass is 35.5. The number of rotatable bonds is 4. The Hall–Kier alpha value is -1.80. The van der Waals surface area contributed by atoms with Crippen molar-refractivity contribution in [3.63, 3.8) is 0 Å². The lowest BCUT2D eigenvalue weighted by molar-refractivity contribution is -0.121. The summed E-state index contributed by atoms with van der Waals surface area (Å²) < 4.78 is 0. The van der Waals surface area contributed by atoms with E-state index in [9.17, 15) is 4.79 Å². The summed E-state index contributed by atoms with van der Waals surface area (Å²) in [5, 5.41) is 3.79. The van der Waals surface area contributed by atoms with E-state index in [2.05, 4.69) is 23.5 Å². The van der Waals surface area contributed by atoms with Crippen LogP contribution in [0.3, 0.4) is 0 Å². The van der Waals surface area contributed by atoms with Gasteiger partial charge in [-0.25, -0.2) is 0 Å². The maximum atomic E-state index is 12.2. The van der Waals surface area contributed by atoms with Crippen LogP contribution in [0.1, 0.15) is 48.1 Å². The van der Waals surface area contributed by atoms with Crippen LogP contribution in [-0.4, -0.2) is 5.91 Å². The molecule has 0 heterocycles. The van der Waals surface area contributed by atoms with Gasteiger partial charge in [0.1, 0.15) is 0 Å². The highest BCUT2D eigenvalue weighted by Gasteiger charge is 2.14. The van der Waals surface area contributed by atoms with Gasteiger partial charge in [0.25, 0.3) is 0 Å². The first-order chi connectivity index (χ1) is 11.1. The average molecular weight is 328 g/mol. The molecule has 23 heavy (non-hydrogen) atoms. The Labute approximate surface area is 142 Å². The van der Waals surface area contributed by atoms with E-state index in [0.29, 0.717) is 11.4 Å². The summed E-state index contributed by atoms with van der Waals surface area (Å²) in [7, 11) is 0. The van der Waals surface area contributed by atoms with Gasteiger partial charge in [0.15, 0.2) is 0 Å². The van der Waals surface area contributed by atoms with E-state index in [4.69, 9.17) is 11.6 Å². The summed E-state index contributed by atoms with van der Waals surface area (Å²) >= 11 is 5.87. The molecule has 0 saturated carbocycles. The zero-order valence-corrected chi connectivity index (χ0v) is 14.2. The summed E-state index contributed by atoms with van der Waals surface area (Å²) in [5.41, 5.74) is 5.09. The van der Waals surface area contributed by atoms with Crippen molar-refractivity contribution in [2.24, 2.45) is 0 Å². The maximum absolute atomic E-state index is 12.2. The first-order valence-electron chi connectivity index (χ1n) is 8.27. The van der Waals surface area contributed by atoms with Crippen LogP contribution in [0.15, 0.2) is 42.5 Å². The van der Waals surface area contributed by atoms with Crippen LogP contribution in [0.4, 0.5) is 0 Å². The fourth-order valence-corrected chi connectivity index (χ4v) is 3.31. The molecule has 1 atom stereocenters. The number of carbonyl (C=O) groups is 1. The minimum atomic E-state index is 0.0297. The SMILES string of the molecule is CC(NC(=O)Cc1ccc(Cl)cc1)c1ccc2c(c1)CCCC2. The van der Waals surface area contributed by atoms with Crippen LogP contribution >= 0.6 is 11.6 Å². The van der Waals surface area contributed by atoms with Crippen molar-refractivity contribution < 1.29 is 4.79 Å². The molecule has 2 aromatic carbocycles. The van der Waals surface area contributed by atoms with Gasteiger partial charge < -0.3 is 5.32 Å². The minimum Gasteiger partial charge on any atom is -0.349 e. The second-order valence-electron chi connectivity index (χ2n) is 6.33. The molecule has 0 bridgehead atoms. The first-order valence-corrected chi connectivity index (χ1v) is 8.65. The number of aryl methyl sites for hydroxylation is 2. The average Bonchev–Trinajstić information content (AvgIpc) is 2.56.